The van der Waals surface area contributed by atoms with Gasteiger partial charge in [-0.25, -0.2) is 0 Å². The van der Waals surface area contributed by atoms with E-state index in [0.717, 1.165) is 39.3 Å². The summed E-state index contributed by atoms with van der Waals surface area (Å²) in [5, 5.41) is 2.28. The molecule has 1 aliphatic carbocycles. The first kappa shape index (κ1) is 25.1. The number of hydrogen-bond acceptors (Lipinski definition) is 4. The van der Waals surface area contributed by atoms with E-state index in [1.54, 1.807) is 30.3 Å². The van der Waals surface area contributed by atoms with E-state index in [9.17, 15) is 14.4 Å². The molecular weight excluding hydrogens is 482 g/mol. The zero-order valence-corrected chi connectivity index (χ0v) is 22.0. The molecule has 1 saturated heterocycles. The molecule has 1 aromatic heterocycles. The molecule has 5 rings (SSSR count). The zero-order valence-electron chi connectivity index (χ0n) is 21.2. The Labute approximate surface area is 221 Å². The van der Waals surface area contributed by atoms with E-state index in [1.807, 2.05) is 26.0 Å². The van der Waals surface area contributed by atoms with Crippen molar-refractivity contribution in [1.29, 1.82) is 0 Å². The number of carbonyl (C=O) groups excluding carboxylic acids is 3. The second kappa shape index (κ2) is 10.8. The summed E-state index contributed by atoms with van der Waals surface area (Å²) in [4.78, 5) is 39.3. The Hall–Kier alpha value is -3.58. The zero-order chi connectivity index (χ0) is 25.9. The number of carbonyl (C=O) groups is 3. The minimum absolute atomic E-state index is 0.316. The summed E-state index contributed by atoms with van der Waals surface area (Å²) in [7, 11) is 0. The van der Waals surface area contributed by atoms with Crippen LogP contribution < -0.4 is 5.32 Å². The van der Waals surface area contributed by atoms with Crippen LogP contribution in [0.4, 0.5) is 10.5 Å². The van der Waals surface area contributed by atoms with E-state index in [-0.39, 0.29) is 6.54 Å². The predicted octanol–water partition coefficient (Wildman–Crippen LogP) is 6.82. The smallest absolute Gasteiger partial charge is 0.294 e. The quantitative estimate of drug-likeness (QED) is 0.367. The fourth-order valence-corrected chi connectivity index (χ4v) is 6.13. The molecule has 37 heavy (non-hydrogen) atoms. The van der Waals surface area contributed by atoms with Crippen LogP contribution in [0.15, 0.2) is 65.6 Å². The largest absolute Gasteiger partial charge is 0.325 e. The molecule has 0 unspecified atom stereocenters. The van der Waals surface area contributed by atoms with Crippen LogP contribution in [0.2, 0.25) is 0 Å². The standard InChI is InChI=1S/C30H31N3O3S/c1-20-17-24(21(2)33(20)26-15-13-23(14-16-26)22-9-5-3-6-10-22)18-27-29(35)32(30(36)37-27)19-28(34)31-25-11-7-4-8-12-25/h4,7-8,11-18,22H,3,5-6,9-10,19H2,1-2H3,(H,31,34)/b27-18-. The van der Waals surface area contributed by atoms with Crippen molar-refractivity contribution in [1.82, 2.24) is 9.47 Å². The van der Waals surface area contributed by atoms with Crippen molar-refractivity contribution < 1.29 is 14.4 Å². The van der Waals surface area contributed by atoms with E-state index in [0.29, 0.717) is 16.5 Å². The molecule has 0 atom stereocenters. The van der Waals surface area contributed by atoms with Gasteiger partial charge in [-0.3, -0.25) is 19.3 Å². The van der Waals surface area contributed by atoms with Crippen LogP contribution in [-0.4, -0.2) is 33.1 Å². The lowest BCUT2D eigenvalue weighted by molar-refractivity contribution is -0.127. The Morgan fingerprint density at radius 1 is 1.00 bits per heavy atom. The van der Waals surface area contributed by atoms with Crippen LogP contribution in [0.5, 0.6) is 0 Å². The van der Waals surface area contributed by atoms with Crippen molar-refractivity contribution in [2.75, 3.05) is 11.9 Å². The van der Waals surface area contributed by atoms with Crippen LogP contribution in [0.1, 0.15) is 60.5 Å². The summed E-state index contributed by atoms with van der Waals surface area (Å²) in [6.07, 6.45) is 8.28. The molecule has 1 N–H and O–H groups in total. The van der Waals surface area contributed by atoms with Gasteiger partial charge >= 0.3 is 0 Å². The lowest BCUT2D eigenvalue weighted by atomic mass is 9.84. The van der Waals surface area contributed by atoms with Gasteiger partial charge in [-0.15, -0.1) is 0 Å². The molecule has 1 aliphatic heterocycles. The highest BCUT2D eigenvalue weighted by Crippen LogP contribution is 2.35. The van der Waals surface area contributed by atoms with E-state index >= 15 is 0 Å². The number of nitrogens with one attached hydrogen (secondary N) is 1. The van der Waals surface area contributed by atoms with Gasteiger partial charge < -0.3 is 9.88 Å². The van der Waals surface area contributed by atoms with Gasteiger partial charge in [0.25, 0.3) is 11.1 Å². The molecule has 0 radical (unpaired) electrons. The highest BCUT2D eigenvalue weighted by atomic mass is 32.2. The van der Waals surface area contributed by atoms with Crippen molar-refractivity contribution >= 4 is 40.6 Å². The molecule has 1 saturated carbocycles. The summed E-state index contributed by atoms with van der Waals surface area (Å²) in [6.45, 7) is 3.74. The van der Waals surface area contributed by atoms with E-state index < -0.39 is 17.1 Å². The minimum Gasteiger partial charge on any atom is -0.325 e. The summed E-state index contributed by atoms with van der Waals surface area (Å²) in [5.74, 6) is -0.194. The number of imide groups is 1. The third kappa shape index (κ3) is 5.42. The van der Waals surface area contributed by atoms with Gasteiger partial charge in [-0.2, -0.15) is 0 Å². The number of hydrogen-bond donors (Lipinski definition) is 1. The second-order valence-electron chi connectivity index (χ2n) is 9.77. The molecule has 190 valence electrons. The van der Waals surface area contributed by atoms with Crippen molar-refractivity contribution in [2.45, 2.75) is 51.9 Å². The molecule has 0 bridgehead atoms. The summed E-state index contributed by atoms with van der Waals surface area (Å²) >= 11 is 0.872. The number of anilines is 1. The number of aryl methyl sites for hydroxylation is 1. The normalized spacial score (nSPS) is 17.6. The van der Waals surface area contributed by atoms with E-state index in [1.165, 1.54) is 37.7 Å². The van der Waals surface area contributed by atoms with Crippen LogP contribution in [-0.2, 0) is 9.59 Å². The molecule has 2 aliphatic rings. The lowest BCUT2D eigenvalue weighted by Crippen LogP contribution is -2.36. The molecule has 6 nitrogen and oxygen atoms in total. The Balaban J connectivity index is 1.31. The topological polar surface area (TPSA) is 71.4 Å². The molecule has 3 aromatic rings. The van der Waals surface area contributed by atoms with Gasteiger partial charge in [0.1, 0.15) is 6.54 Å². The SMILES string of the molecule is Cc1cc(/C=C2\SC(=O)N(CC(=O)Nc3ccccc3)C2=O)c(C)n1-c1ccc(C2CCCCC2)cc1. The van der Waals surface area contributed by atoms with Gasteiger partial charge in [-0.05, 0) is 91.9 Å². The first-order valence-corrected chi connectivity index (χ1v) is 13.6. The van der Waals surface area contributed by atoms with Gasteiger partial charge in [0.2, 0.25) is 5.91 Å². The van der Waals surface area contributed by atoms with Crippen LogP contribution in [0.3, 0.4) is 0 Å². The lowest BCUT2D eigenvalue weighted by Gasteiger charge is -2.22. The minimum atomic E-state index is -0.445. The molecular formula is C30H31N3O3S. The van der Waals surface area contributed by atoms with E-state index in [2.05, 4.69) is 34.1 Å². The van der Waals surface area contributed by atoms with Gasteiger partial charge in [-0.1, -0.05) is 49.6 Å². The number of amides is 3. The summed E-state index contributed by atoms with van der Waals surface area (Å²) < 4.78 is 2.17. The first-order valence-electron chi connectivity index (χ1n) is 12.8. The average molecular weight is 514 g/mol. The Morgan fingerprint density at radius 2 is 1.70 bits per heavy atom. The maximum Gasteiger partial charge on any atom is 0.294 e. The van der Waals surface area contributed by atoms with Crippen LogP contribution >= 0.6 is 11.8 Å². The Bertz CT molecular complexity index is 1350. The summed E-state index contributed by atoms with van der Waals surface area (Å²) in [6, 6.07) is 19.8. The number of rotatable bonds is 6. The third-order valence-electron chi connectivity index (χ3n) is 7.22. The van der Waals surface area contributed by atoms with Crippen molar-refractivity contribution in [3.05, 3.63) is 88.1 Å². The maximum absolute atomic E-state index is 13.0. The maximum atomic E-state index is 13.0. The van der Waals surface area contributed by atoms with Gasteiger partial charge in [0, 0.05) is 22.8 Å². The highest BCUT2D eigenvalue weighted by Gasteiger charge is 2.36. The van der Waals surface area contributed by atoms with Crippen molar-refractivity contribution in [3.63, 3.8) is 0 Å². The number of para-hydroxylation sites is 1. The van der Waals surface area contributed by atoms with Gasteiger partial charge in [0.15, 0.2) is 0 Å². The van der Waals surface area contributed by atoms with Crippen molar-refractivity contribution in [2.24, 2.45) is 0 Å². The molecule has 0 spiro atoms. The third-order valence-corrected chi connectivity index (χ3v) is 8.12. The fraction of sp³-hybridized carbons (Fsp3) is 0.300. The molecule has 3 amide bonds. The molecule has 2 fully saturated rings. The van der Waals surface area contributed by atoms with Crippen LogP contribution in [0, 0.1) is 13.8 Å². The van der Waals surface area contributed by atoms with E-state index in [4.69, 9.17) is 0 Å². The molecule has 7 heteroatoms. The second-order valence-corrected chi connectivity index (χ2v) is 10.8. The monoisotopic (exact) mass is 513 g/mol. The number of nitrogens with zero attached hydrogens (tertiary/aromatic N) is 2. The molecule has 2 heterocycles. The molecule has 2 aromatic carbocycles. The van der Waals surface area contributed by atoms with Gasteiger partial charge in [0.05, 0.1) is 4.91 Å². The Morgan fingerprint density at radius 3 is 2.41 bits per heavy atom. The number of thioether (sulfide) groups is 1. The van der Waals surface area contributed by atoms with Crippen LogP contribution in [0.25, 0.3) is 11.8 Å². The first-order chi connectivity index (χ1) is 17.9. The predicted molar refractivity (Wildman–Crippen MR) is 149 cm³/mol. The van der Waals surface area contributed by atoms with Crippen molar-refractivity contribution in [3.8, 4) is 5.69 Å². The average Bonchev–Trinajstić information content (AvgIpc) is 3.33. The highest BCUT2D eigenvalue weighted by molar-refractivity contribution is 8.18. The summed E-state index contributed by atoms with van der Waals surface area (Å²) in [5.41, 5.74) is 6.05. The number of benzene rings is 2. The Kier molecular flexibility index (Phi) is 7.33. The number of aromatic nitrogens is 1. The fourth-order valence-electron chi connectivity index (χ4n) is 5.31.